The Balaban J connectivity index is 1.45. The Labute approximate surface area is 196 Å². The largest absolute Gasteiger partial charge is 0.342 e. The van der Waals surface area contributed by atoms with Crippen molar-refractivity contribution in [2.45, 2.75) is 25.4 Å². The summed E-state index contributed by atoms with van der Waals surface area (Å²) in [5, 5.41) is 11.0. The number of hydrogen-bond acceptors (Lipinski definition) is 8. The van der Waals surface area contributed by atoms with E-state index < -0.39 is 11.6 Å². The van der Waals surface area contributed by atoms with E-state index in [-0.39, 0.29) is 0 Å². The predicted molar refractivity (Wildman–Crippen MR) is 125 cm³/mol. The first-order valence-corrected chi connectivity index (χ1v) is 11.3. The Hall–Kier alpha value is -3.30. The number of nitrogens with zero attached hydrogens (tertiary/aromatic N) is 4. The molecule has 0 N–H and O–H groups in total. The maximum Gasteiger partial charge on any atom is 0.209 e. The average Bonchev–Trinajstić information content (AvgIpc) is 3.53. The second kappa shape index (κ2) is 8.18. The van der Waals surface area contributed by atoms with Gasteiger partial charge in [-0.1, -0.05) is 36.4 Å². The van der Waals surface area contributed by atoms with Crippen molar-refractivity contribution in [3.05, 3.63) is 72.1 Å². The first kappa shape index (κ1) is 21.2. The van der Waals surface area contributed by atoms with Crippen LogP contribution in [0.3, 0.4) is 0 Å². The molecule has 1 aromatic carbocycles. The summed E-state index contributed by atoms with van der Waals surface area (Å²) in [6, 6.07) is 19.5. The summed E-state index contributed by atoms with van der Waals surface area (Å²) in [6.45, 7) is 5.94. The van der Waals surface area contributed by atoms with E-state index in [9.17, 15) is 0 Å². The zero-order chi connectivity index (χ0) is 23.2. The van der Waals surface area contributed by atoms with Gasteiger partial charge in [0.25, 0.3) is 0 Å². The fraction of sp³-hybridized carbons (Fsp3) is 0.308. The highest BCUT2D eigenvalue weighted by molar-refractivity contribution is 6.00. The number of hydrogen-bond donors (Lipinski definition) is 0. The lowest BCUT2D eigenvalue weighted by Gasteiger charge is -2.22. The van der Waals surface area contributed by atoms with Crippen molar-refractivity contribution in [3.8, 4) is 22.8 Å². The minimum Gasteiger partial charge on any atom is -0.342 e. The molecule has 4 aromatic rings. The summed E-state index contributed by atoms with van der Waals surface area (Å²) >= 11 is 0. The normalized spacial score (nSPS) is 19.0. The lowest BCUT2D eigenvalue weighted by atomic mass is 10.0. The van der Waals surface area contributed by atoms with Crippen LogP contribution < -0.4 is 0 Å². The van der Waals surface area contributed by atoms with Crippen LogP contribution in [0.2, 0.25) is 0 Å². The van der Waals surface area contributed by atoms with E-state index >= 15 is 0 Å². The SMILES string of the molecule is CC1(c2cccc(-c3nnc(-c4cccc(C5(C)OCCO5)n4)c4ccccc34)n2)OCCO1. The van der Waals surface area contributed by atoms with Gasteiger partial charge < -0.3 is 18.9 Å². The fourth-order valence-electron chi connectivity index (χ4n) is 4.45. The molecule has 0 aliphatic carbocycles. The minimum atomic E-state index is -0.857. The molecule has 2 aliphatic rings. The van der Waals surface area contributed by atoms with Gasteiger partial charge >= 0.3 is 0 Å². The van der Waals surface area contributed by atoms with Crippen LogP contribution in [-0.4, -0.2) is 46.6 Å². The van der Waals surface area contributed by atoms with Crippen molar-refractivity contribution >= 4 is 10.8 Å². The highest BCUT2D eigenvalue weighted by atomic mass is 16.7. The highest BCUT2D eigenvalue weighted by Crippen LogP contribution is 2.35. The van der Waals surface area contributed by atoms with Crippen LogP contribution >= 0.6 is 0 Å². The molecular formula is C26H24N4O4. The molecule has 172 valence electrons. The van der Waals surface area contributed by atoms with Gasteiger partial charge in [0.2, 0.25) is 11.6 Å². The lowest BCUT2D eigenvalue weighted by Crippen LogP contribution is -2.24. The first-order chi connectivity index (χ1) is 16.6. The summed E-state index contributed by atoms with van der Waals surface area (Å²) in [5.41, 5.74) is 4.19. The van der Waals surface area contributed by atoms with Crippen molar-refractivity contribution in [2.75, 3.05) is 26.4 Å². The molecule has 0 unspecified atom stereocenters. The smallest absolute Gasteiger partial charge is 0.209 e. The second-order valence-electron chi connectivity index (χ2n) is 8.54. The third kappa shape index (κ3) is 3.56. The van der Waals surface area contributed by atoms with Gasteiger partial charge in [-0.2, -0.15) is 0 Å². The molecule has 0 amide bonds. The molecule has 2 saturated heterocycles. The molecule has 0 spiro atoms. The Morgan fingerprint density at radius 1 is 0.559 bits per heavy atom. The Morgan fingerprint density at radius 3 is 1.38 bits per heavy atom. The molecular weight excluding hydrogens is 432 g/mol. The van der Waals surface area contributed by atoms with Gasteiger partial charge in [0.1, 0.15) is 11.4 Å². The van der Waals surface area contributed by atoms with Crippen LogP contribution in [0.15, 0.2) is 60.7 Å². The Kier molecular flexibility index (Phi) is 5.11. The molecule has 6 rings (SSSR count). The Morgan fingerprint density at radius 2 is 0.971 bits per heavy atom. The molecule has 0 atom stereocenters. The van der Waals surface area contributed by atoms with Crippen molar-refractivity contribution in [2.24, 2.45) is 0 Å². The van der Waals surface area contributed by atoms with Gasteiger partial charge in [-0.25, -0.2) is 9.97 Å². The maximum atomic E-state index is 5.79. The zero-order valence-corrected chi connectivity index (χ0v) is 19.0. The number of pyridine rings is 2. The van der Waals surface area contributed by atoms with Crippen molar-refractivity contribution in [1.82, 2.24) is 20.2 Å². The number of ether oxygens (including phenoxy) is 4. The predicted octanol–water partition coefficient (Wildman–Crippen LogP) is 4.19. The van der Waals surface area contributed by atoms with E-state index in [1.54, 1.807) is 0 Å². The molecule has 8 heteroatoms. The van der Waals surface area contributed by atoms with Gasteiger partial charge in [-0.05, 0) is 38.1 Å². The average molecular weight is 457 g/mol. The number of rotatable bonds is 4. The molecule has 5 heterocycles. The molecule has 8 nitrogen and oxygen atoms in total. The van der Waals surface area contributed by atoms with Crippen molar-refractivity contribution < 1.29 is 18.9 Å². The van der Waals surface area contributed by atoms with Crippen LogP contribution in [0, 0.1) is 0 Å². The number of fused-ring (bicyclic) bond motifs is 1. The Bertz CT molecular complexity index is 1260. The summed E-state index contributed by atoms with van der Waals surface area (Å²) < 4.78 is 23.2. The molecule has 34 heavy (non-hydrogen) atoms. The zero-order valence-electron chi connectivity index (χ0n) is 19.0. The summed E-state index contributed by atoms with van der Waals surface area (Å²) in [4.78, 5) is 9.65. The quantitative estimate of drug-likeness (QED) is 0.452. The molecule has 2 fully saturated rings. The van der Waals surface area contributed by atoms with E-state index in [4.69, 9.17) is 28.9 Å². The van der Waals surface area contributed by atoms with Gasteiger partial charge in [0, 0.05) is 10.8 Å². The number of aromatic nitrogens is 4. The number of benzene rings is 1. The van der Waals surface area contributed by atoms with Crippen LogP contribution in [0.25, 0.3) is 33.5 Å². The molecule has 0 bridgehead atoms. The van der Waals surface area contributed by atoms with Gasteiger partial charge in [0.15, 0.2) is 0 Å². The fourth-order valence-corrected chi connectivity index (χ4v) is 4.45. The standard InChI is InChI=1S/C26H24N4O4/c1-25(31-13-14-32-25)21-11-5-9-19(27-21)23-17-7-3-4-8-18(17)24(30-29-23)20-10-6-12-22(28-20)26(2)33-15-16-34-26/h3-12H,13-16H2,1-2H3. The highest BCUT2D eigenvalue weighted by Gasteiger charge is 2.36. The van der Waals surface area contributed by atoms with E-state index in [0.29, 0.717) is 60.6 Å². The first-order valence-electron chi connectivity index (χ1n) is 11.3. The topological polar surface area (TPSA) is 88.5 Å². The van der Waals surface area contributed by atoms with Gasteiger partial charge in [-0.3, -0.25) is 0 Å². The molecule has 3 aromatic heterocycles. The monoisotopic (exact) mass is 456 g/mol. The lowest BCUT2D eigenvalue weighted by molar-refractivity contribution is -0.153. The molecule has 0 radical (unpaired) electrons. The van der Waals surface area contributed by atoms with E-state index in [1.165, 1.54) is 0 Å². The van der Waals surface area contributed by atoms with Crippen LogP contribution in [-0.2, 0) is 30.5 Å². The molecule has 0 saturated carbocycles. The maximum absolute atomic E-state index is 5.79. The molecule has 2 aliphatic heterocycles. The van der Waals surface area contributed by atoms with E-state index in [0.717, 1.165) is 10.8 Å². The van der Waals surface area contributed by atoms with Crippen LogP contribution in [0.5, 0.6) is 0 Å². The van der Waals surface area contributed by atoms with Crippen molar-refractivity contribution in [3.63, 3.8) is 0 Å². The van der Waals surface area contributed by atoms with Gasteiger partial charge in [-0.15, -0.1) is 10.2 Å². The van der Waals surface area contributed by atoms with Crippen LogP contribution in [0.4, 0.5) is 0 Å². The third-order valence-electron chi connectivity index (χ3n) is 6.28. The summed E-state index contributed by atoms with van der Waals surface area (Å²) in [7, 11) is 0. The third-order valence-corrected chi connectivity index (χ3v) is 6.28. The van der Waals surface area contributed by atoms with E-state index in [1.807, 2.05) is 74.5 Å². The van der Waals surface area contributed by atoms with Crippen LogP contribution in [0.1, 0.15) is 25.2 Å². The van der Waals surface area contributed by atoms with E-state index in [2.05, 4.69) is 10.2 Å². The minimum absolute atomic E-state index is 0.543. The summed E-state index contributed by atoms with van der Waals surface area (Å²) in [6.07, 6.45) is 0. The van der Waals surface area contributed by atoms with Gasteiger partial charge in [0.05, 0.1) is 49.2 Å². The second-order valence-corrected chi connectivity index (χ2v) is 8.54. The van der Waals surface area contributed by atoms with Crippen molar-refractivity contribution in [1.29, 1.82) is 0 Å². The summed E-state index contributed by atoms with van der Waals surface area (Å²) in [5.74, 6) is -1.71.